The van der Waals surface area contributed by atoms with Crippen molar-refractivity contribution in [2.24, 2.45) is 7.05 Å². The van der Waals surface area contributed by atoms with Crippen LogP contribution in [0.5, 0.6) is 0 Å². The zero-order valence-electron chi connectivity index (χ0n) is 11.4. The molecule has 0 bridgehead atoms. The Morgan fingerprint density at radius 2 is 2.16 bits per heavy atom. The predicted molar refractivity (Wildman–Crippen MR) is 67.4 cm³/mol. The molecular formula is C11H17N7O. The van der Waals surface area contributed by atoms with E-state index in [-0.39, 0.29) is 11.9 Å². The second-order valence-electron chi connectivity index (χ2n) is 4.72. The van der Waals surface area contributed by atoms with E-state index in [1.54, 1.807) is 13.1 Å². The largest absolute Gasteiger partial charge is 0.341 e. The van der Waals surface area contributed by atoms with Gasteiger partial charge in [0.15, 0.2) is 5.82 Å². The minimum Gasteiger partial charge on any atom is -0.341 e. The van der Waals surface area contributed by atoms with Gasteiger partial charge in [-0.3, -0.25) is 9.89 Å². The number of H-pyrrole nitrogens is 1. The summed E-state index contributed by atoms with van der Waals surface area (Å²) < 4.78 is 1.52. The van der Waals surface area contributed by atoms with Crippen LogP contribution in [0.15, 0.2) is 6.07 Å². The van der Waals surface area contributed by atoms with Crippen molar-refractivity contribution in [2.45, 2.75) is 32.7 Å². The number of rotatable bonds is 4. The Balaban J connectivity index is 2.06. The van der Waals surface area contributed by atoms with Crippen LogP contribution in [-0.2, 0) is 7.05 Å². The average Bonchev–Trinajstić information content (AvgIpc) is 2.96. The highest BCUT2D eigenvalue weighted by Crippen LogP contribution is 2.13. The molecule has 0 saturated carbocycles. The standard InChI is InChI=1S/C11H17N7O/c1-6(2)8-5-9(14-13-8)11(19)12-7(3)10-15-16-17-18(10)4/h5-7H,1-4H3,(H,12,19)(H,13,14)/t7-/m0/s1. The summed E-state index contributed by atoms with van der Waals surface area (Å²) in [5.41, 5.74) is 1.30. The Morgan fingerprint density at radius 3 is 2.68 bits per heavy atom. The lowest BCUT2D eigenvalue weighted by molar-refractivity contribution is 0.0932. The van der Waals surface area contributed by atoms with Crippen LogP contribution in [0.4, 0.5) is 0 Å². The normalized spacial score (nSPS) is 12.7. The maximum Gasteiger partial charge on any atom is 0.272 e. The van der Waals surface area contributed by atoms with Crippen LogP contribution >= 0.6 is 0 Å². The fraction of sp³-hybridized carbons (Fsp3) is 0.545. The van der Waals surface area contributed by atoms with Gasteiger partial charge >= 0.3 is 0 Å². The number of aromatic amines is 1. The molecule has 0 aliphatic carbocycles. The molecule has 2 rings (SSSR count). The smallest absolute Gasteiger partial charge is 0.272 e. The number of nitrogens with one attached hydrogen (secondary N) is 2. The molecule has 0 aliphatic heterocycles. The summed E-state index contributed by atoms with van der Waals surface area (Å²) in [4.78, 5) is 12.0. The summed E-state index contributed by atoms with van der Waals surface area (Å²) in [5, 5.41) is 20.8. The van der Waals surface area contributed by atoms with Crippen molar-refractivity contribution in [1.29, 1.82) is 0 Å². The molecule has 0 spiro atoms. The highest BCUT2D eigenvalue weighted by Gasteiger charge is 2.18. The molecule has 8 nitrogen and oxygen atoms in total. The maximum absolute atomic E-state index is 12.0. The van der Waals surface area contributed by atoms with Gasteiger partial charge in [0.05, 0.1) is 6.04 Å². The van der Waals surface area contributed by atoms with E-state index in [2.05, 4.69) is 31.0 Å². The van der Waals surface area contributed by atoms with E-state index in [0.717, 1.165) is 5.69 Å². The number of carbonyl (C=O) groups is 1. The lowest BCUT2D eigenvalue weighted by Gasteiger charge is -2.10. The summed E-state index contributed by atoms with van der Waals surface area (Å²) in [6.07, 6.45) is 0. The number of aromatic nitrogens is 6. The summed E-state index contributed by atoms with van der Waals surface area (Å²) in [6.45, 7) is 5.88. The van der Waals surface area contributed by atoms with Crippen molar-refractivity contribution in [3.63, 3.8) is 0 Å². The second kappa shape index (κ2) is 5.17. The molecule has 0 radical (unpaired) electrons. The number of hydrogen-bond acceptors (Lipinski definition) is 5. The van der Waals surface area contributed by atoms with E-state index in [1.165, 1.54) is 4.68 Å². The van der Waals surface area contributed by atoms with Crippen molar-refractivity contribution in [3.05, 3.63) is 23.3 Å². The fourth-order valence-corrected chi connectivity index (χ4v) is 1.69. The summed E-state index contributed by atoms with van der Waals surface area (Å²) in [7, 11) is 1.73. The van der Waals surface area contributed by atoms with E-state index in [4.69, 9.17) is 0 Å². The minimum atomic E-state index is -0.285. The van der Waals surface area contributed by atoms with Gasteiger partial charge in [-0.2, -0.15) is 5.10 Å². The highest BCUT2D eigenvalue weighted by molar-refractivity contribution is 5.92. The molecule has 2 N–H and O–H groups in total. The van der Waals surface area contributed by atoms with Crippen molar-refractivity contribution in [2.75, 3.05) is 0 Å². The minimum absolute atomic E-state index is 0.251. The highest BCUT2D eigenvalue weighted by atomic mass is 16.2. The SMILES string of the molecule is CC(C)c1cc(C(=O)N[C@@H](C)c2nnnn2C)n[nH]1. The van der Waals surface area contributed by atoms with Gasteiger partial charge < -0.3 is 5.32 Å². The van der Waals surface area contributed by atoms with Gasteiger partial charge in [0.1, 0.15) is 5.69 Å². The molecule has 1 amide bonds. The number of carbonyl (C=O) groups excluding carboxylic acids is 1. The van der Waals surface area contributed by atoms with E-state index in [1.807, 2.05) is 20.8 Å². The van der Waals surface area contributed by atoms with Gasteiger partial charge in [-0.15, -0.1) is 5.10 Å². The van der Waals surface area contributed by atoms with Crippen LogP contribution in [0.1, 0.15) is 54.7 Å². The number of hydrogen-bond donors (Lipinski definition) is 2. The van der Waals surface area contributed by atoms with Gasteiger partial charge in [-0.25, -0.2) is 4.68 Å². The third kappa shape index (κ3) is 2.78. The molecule has 102 valence electrons. The van der Waals surface area contributed by atoms with Crippen LogP contribution in [0, 0.1) is 0 Å². The molecule has 2 aromatic rings. The fourth-order valence-electron chi connectivity index (χ4n) is 1.69. The molecule has 1 atom stereocenters. The van der Waals surface area contributed by atoms with Crippen molar-refractivity contribution >= 4 is 5.91 Å². The van der Waals surface area contributed by atoms with E-state index < -0.39 is 0 Å². The summed E-state index contributed by atoms with van der Waals surface area (Å²) in [6, 6.07) is 1.47. The first-order valence-corrected chi connectivity index (χ1v) is 6.07. The van der Waals surface area contributed by atoms with Crippen LogP contribution in [0.25, 0.3) is 0 Å². The number of amides is 1. The van der Waals surface area contributed by atoms with E-state index in [9.17, 15) is 4.79 Å². The van der Waals surface area contributed by atoms with Crippen molar-refractivity contribution in [1.82, 2.24) is 35.7 Å². The third-order valence-electron chi connectivity index (χ3n) is 2.84. The van der Waals surface area contributed by atoms with Crippen molar-refractivity contribution in [3.8, 4) is 0 Å². The third-order valence-corrected chi connectivity index (χ3v) is 2.84. The molecule has 19 heavy (non-hydrogen) atoms. The number of tetrazole rings is 1. The van der Waals surface area contributed by atoms with E-state index in [0.29, 0.717) is 17.4 Å². The quantitative estimate of drug-likeness (QED) is 0.838. The first-order valence-electron chi connectivity index (χ1n) is 6.07. The van der Waals surface area contributed by atoms with Crippen molar-refractivity contribution < 1.29 is 4.79 Å². The lowest BCUT2D eigenvalue weighted by Crippen LogP contribution is -2.28. The predicted octanol–water partition coefficient (Wildman–Crippen LogP) is 0.548. The Kier molecular flexibility index (Phi) is 3.59. The van der Waals surface area contributed by atoms with Crippen LogP contribution in [0.3, 0.4) is 0 Å². The zero-order chi connectivity index (χ0) is 14.0. The van der Waals surface area contributed by atoms with Gasteiger partial charge in [0.2, 0.25) is 0 Å². The topological polar surface area (TPSA) is 101 Å². The molecule has 0 aliphatic rings. The molecule has 8 heteroatoms. The van der Waals surface area contributed by atoms with Crippen LogP contribution < -0.4 is 5.32 Å². The monoisotopic (exact) mass is 263 g/mol. The first-order chi connectivity index (χ1) is 8.99. The zero-order valence-corrected chi connectivity index (χ0v) is 11.4. The summed E-state index contributed by atoms with van der Waals surface area (Å²) >= 11 is 0. The van der Waals surface area contributed by atoms with Gasteiger partial charge in [-0.1, -0.05) is 13.8 Å². The average molecular weight is 263 g/mol. The molecule has 0 unspecified atom stereocenters. The van der Waals surface area contributed by atoms with Crippen LogP contribution in [0.2, 0.25) is 0 Å². The Bertz CT molecular complexity index is 571. The van der Waals surface area contributed by atoms with Gasteiger partial charge in [-0.05, 0) is 29.3 Å². The number of nitrogens with zero attached hydrogens (tertiary/aromatic N) is 5. The Labute approximate surface area is 110 Å². The maximum atomic E-state index is 12.0. The summed E-state index contributed by atoms with van der Waals surface area (Å²) in [5.74, 6) is 0.640. The number of aryl methyl sites for hydroxylation is 1. The van der Waals surface area contributed by atoms with Gasteiger partial charge in [0, 0.05) is 12.7 Å². The molecule has 0 fully saturated rings. The first kappa shape index (κ1) is 13.2. The second-order valence-corrected chi connectivity index (χ2v) is 4.72. The Hall–Kier alpha value is -2.25. The Morgan fingerprint density at radius 1 is 1.42 bits per heavy atom. The molecule has 2 heterocycles. The molecule has 0 saturated heterocycles. The van der Waals surface area contributed by atoms with Gasteiger partial charge in [0.25, 0.3) is 5.91 Å². The molecular weight excluding hydrogens is 246 g/mol. The molecule has 0 aromatic carbocycles. The molecule has 2 aromatic heterocycles. The van der Waals surface area contributed by atoms with Crippen LogP contribution in [-0.4, -0.2) is 36.3 Å². The van der Waals surface area contributed by atoms with E-state index >= 15 is 0 Å². The lowest BCUT2D eigenvalue weighted by atomic mass is 10.1.